The number of carbonyl (C=O) groups is 1. The minimum atomic E-state index is -4.63. The molecule has 31 heavy (non-hydrogen) atoms. The number of nitrogens with zero attached hydrogens (tertiary/aromatic N) is 3. The van der Waals surface area contributed by atoms with Gasteiger partial charge in [-0.15, -0.1) is 0 Å². The molecule has 0 radical (unpaired) electrons. The summed E-state index contributed by atoms with van der Waals surface area (Å²) in [4.78, 5) is 30.1. The number of alkyl halides is 3. The van der Waals surface area contributed by atoms with Crippen LogP contribution in [-0.4, -0.2) is 20.7 Å². The van der Waals surface area contributed by atoms with Crippen molar-refractivity contribution in [3.63, 3.8) is 0 Å². The van der Waals surface area contributed by atoms with E-state index < -0.39 is 22.4 Å². The van der Waals surface area contributed by atoms with Crippen LogP contribution in [0.25, 0.3) is 0 Å². The number of Topliss-reactive ketones (excluding diaryl/α,β-unsaturated/α-hetero) is 1. The van der Waals surface area contributed by atoms with Gasteiger partial charge in [-0.1, -0.05) is 23.7 Å². The number of benzene rings is 2. The molecule has 0 unspecified atom stereocenters. The van der Waals surface area contributed by atoms with Gasteiger partial charge in [0.05, 0.1) is 21.2 Å². The van der Waals surface area contributed by atoms with E-state index in [2.05, 4.69) is 20.6 Å². The van der Waals surface area contributed by atoms with Crippen LogP contribution < -0.4 is 10.6 Å². The number of rotatable bonds is 6. The van der Waals surface area contributed by atoms with Crippen molar-refractivity contribution in [2.45, 2.75) is 13.1 Å². The molecule has 160 valence electrons. The monoisotopic (exact) mass is 451 g/mol. The Bertz CT molecular complexity index is 1170. The molecule has 0 fully saturated rings. The fourth-order valence-electron chi connectivity index (χ4n) is 2.61. The predicted octanol–water partition coefficient (Wildman–Crippen LogP) is 5.75. The third-order valence-corrected chi connectivity index (χ3v) is 4.41. The van der Waals surface area contributed by atoms with Crippen molar-refractivity contribution in [1.29, 1.82) is 0 Å². The number of anilines is 4. The molecule has 2 N–H and O–H groups in total. The normalized spacial score (nSPS) is 11.1. The summed E-state index contributed by atoms with van der Waals surface area (Å²) in [6, 6.07) is 8.72. The topological polar surface area (TPSA) is 110 Å². The summed E-state index contributed by atoms with van der Waals surface area (Å²) in [5.41, 5.74) is -1.11. The molecule has 12 heteroatoms. The molecule has 3 aromatic rings. The molecule has 0 atom stereocenters. The van der Waals surface area contributed by atoms with Gasteiger partial charge in [-0.2, -0.15) is 13.2 Å². The van der Waals surface area contributed by atoms with E-state index >= 15 is 0 Å². The Balaban J connectivity index is 2.01. The van der Waals surface area contributed by atoms with E-state index in [0.29, 0.717) is 11.3 Å². The number of nitrogens with one attached hydrogen (secondary N) is 2. The van der Waals surface area contributed by atoms with E-state index in [1.165, 1.54) is 13.0 Å². The SMILES string of the molecule is CC(=O)c1cccc(Nc2ncnc(Nc3cc(C(F)(F)F)ccc3Cl)c2[N+](=O)[O-])c1. The lowest BCUT2D eigenvalue weighted by atomic mass is 10.1. The molecule has 8 nitrogen and oxygen atoms in total. The zero-order valence-corrected chi connectivity index (χ0v) is 16.5. The van der Waals surface area contributed by atoms with Gasteiger partial charge in [0, 0.05) is 11.3 Å². The highest BCUT2D eigenvalue weighted by molar-refractivity contribution is 6.33. The molecule has 0 aliphatic carbocycles. The molecule has 2 aromatic carbocycles. The first-order valence-corrected chi connectivity index (χ1v) is 8.95. The quantitative estimate of drug-likeness (QED) is 0.279. The second kappa shape index (κ2) is 8.56. The number of ketones is 1. The summed E-state index contributed by atoms with van der Waals surface area (Å²) in [6.45, 7) is 1.37. The Labute approximate surface area is 178 Å². The maximum atomic E-state index is 13.0. The Morgan fingerprint density at radius 2 is 1.77 bits per heavy atom. The van der Waals surface area contributed by atoms with Crippen molar-refractivity contribution < 1.29 is 22.9 Å². The number of aromatic nitrogens is 2. The van der Waals surface area contributed by atoms with Crippen molar-refractivity contribution in [2.75, 3.05) is 10.6 Å². The number of hydrogen-bond acceptors (Lipinski definition) is 7. The summed E-state index contributed by atoms with van der Waals surface area (Å²) in [5, 5.41) is 16.8. The summed E-state index contributed by atoms with van der Waals surface area (Å²) in [5.74, 6) is -0.805. The van der Waals surface area contributed by atoms with Crippen LogP contribution in [-0.2, 0) is 6.18 Å². The van der Waals surface area contributed by atoms with Gasteiger partial charge in [0.25, 0.3) is 0 Å². The van der Waals surface area contributed by atoms with Crippen molar-refractivity contribution in [3.05, 3.63) is 75.1 Å². The van der Waals surface area contributed by atoms with Crippen LogP contribution in [0.15, 0.2) is 48.8 Å². The van der Waals surface area contributed by atoms with E-state index in [0.717, 1.165) is 24.5 Å². The Morgan fingerprint density at radius 1 is 1.10 bits per heavy atom. The summed E-state index contributed by atoms with van der Waals surface area (Å²) in [6.07, 6.45) is -3.64. The minimum absolute atomic E-state index is 0.0930. The molecule has 1 aromatic heterocycles. The smallest absolute Gasteiger partial charge is 0.334 e. The number of nitro groups is 1. The highest BCUT2D eigenvalue weighted by atomic mass is 35.5. The molecule has 3 rings (SSSR count). The largest absolute Gasteiger partial charge is 0.416 e. The summed E-state index contributed by atoms with van der Waals surface area (Å²) >= 11 is 5.95. The fraction of sp³-hybridized carbons (Fsp3) is 0.105. The van der Waals surface area contributed by atoms with E-state index in [1.807, 2.05) is 0 Å². The van der Waals surface area contributed by atoms with Crippen LogP contribution in [0.4, 0.5) is 41.9 Å². The number of carbonyl (C=O) groups excluding carboxylic acids is 1. The highest BCUT2D eigenvalue weighted by Gasteiger charge is 2.31. The minimum Gasteiger partial charge on any atom is -0.334 e. The highest BCUT2D eigenvalue weighted by Crippen LogP contribution is 2.38. The van der Waals surface area contributed by atoms with E-state index in [9.17, 15) is 28.1 Å². The lowest BCUT2D eigenvalue weighted by Gasteiger charge is -2.13. The summed E-state index contributed by atoms with van der Waals surface area (Å²) in [7, 11) is 0. The average Bonchev–Trinajstić information content (AvgIpc) is 2.69. The average molecular weight is 452 g/mol. The van der Waals surface area contributed by atoms with Crippen LogP contribution in [0, 0.1) is 10.1 Å². The van der Waals surface area contributed by atoms with Gasteiger partial charge in [0.1, 0.15) is 6.33 Å². The maximum absolute atomic E-state index is 13.0. The molecule has 0 saturated heterocycles. The molecule has 0 bridgehead atoms. The standard InChI is InChI=1S/C19H13ClF3N5O3/c1-10(29)11-3-2-4-13(7-11)26-17-16(28(30)31)18(25-9-24-17)27-15-8-12(19(21,22)23)5-6-14(15)20/h2-9H,1H3,(H2,24,25,26,27). The fourth-order valence-corrected chi connectivity index (χ4v) is 2.78. The lowest BCUT2D eigenvalue weighted by Crippen LogP contribution is -2.08. The van der Waals surface area contributed by atoms with E-state index in [-0.39, 0.29) is 28.1 Å². The van der Waals surface area contributed by atoms with Crippen LogP contribution in [0.5, 0.6) is 0 Å². The third kappa shape index (κ3) is 5.07. The molecular weight excluding hydrogens is 439 g/mol. The Kier molecular flexibility index (Phi) is 6.07. The van der Waals surface area contributed by atoms with Gasteiger partial charge >= 0.3 is 11.9 Å². The van der Waals surface area contributed by atoms with Crippen molar-refractivity contribution >= 4 is 46.1 Å². The first kappa shape index (κ1) is 22.0. The van der Waals surface area contributed by atoms with Crippen molar-refractivity contribution in [2.24, 2.45) is 0 Å². The van der Waals surface area contributed by atoms with Crippen LogP contribution >= 0.6 is 11.6 Å². The Hall–Kier alpha value is -3.73. The molecule has 0 saturated carbocycles. The number of hydrogen-bond donors (Lipinski definition) is 2. The molecule has 0 amide bonds. The van der Waals surface area contributed by atoms with Crippen LogP contribution in [0.2, 0.25) is 5.02 Å². The van der Waals surface area contributed by atoms with Crippen molar-refractivity contribution in [3.8, 4) is 0 Å². The van der Waals surface area contributed by atoms with Gasteiger partial charge in [0.15, 0.2) is 5.78 Å². The predicted molar refractivity (Wildman–Crippen MR) is 108 cm³/mol. The molecular formula is C19H13ClF3N5O3. The zero-order valence-electron chi connectivity index (χ0n) is 15.7. The van der Waals surface area contributed by atoms with E-state index in [1.54, 1.807) is 18.2 Å². The third-order valence-electron chi connectivity index (χ3n) is 4.08. The van der Waals surface area contributed by atoms with E-state index in [4.69, 9.17) is 11.6 Å². The first-order valence-electron chi connectivity index (χ1n) is 8.57. The molecule has 0 spiro atoms. The first-order chi connectivity index (χ1) is 14.6. The number of halogens is 4. The van der Waals surface area contributed by atoms with Gasteiger partial charge in [0.2, 0.25) is 11.6 Å². The van der Waals surface area contributed by atoms with Gasteiger partial charge in [-0.3, -0.25) is 14.9 Å². The zero-order chi connectivity index (χ0) is 22.8. The molecule has 1 heterocycles. The van der Waals surface area contributed by atoms with Gasteiger partial charge in [-0.25, -0.2) is 9.97 Å². The van der Waals surface area contributed by atoms with Gasteiger partial charge < -0.3 is 10.6 Å². The van der Waals surface area contributed by atoms with Crippen LogP contribution in [0.1, 0.15) is 22.8 Å². The summed E-state index contributed by atoms with van der Waals surface area (Å²) < 4.78 is 39.0. The Morgan fingerprint density at radius 3 is 2.39 bits per heavy atom. The van der Waals surface area contributed by atoms with Crippen LogP contribution in [0.3, 0.4) is 0 Å². The molecule has 0 aliphatic heterocycles. The van der Waals surface area contributed by atoms with Crippen molar-refractivity contribution in [1.82, 2.24) is 9.97 Å². The lowest BCUT2D eigenvalue weighted by molar-refractivity contribution is -0.383. The second-order valence-corrected chi connectivity index (χ2v) is 6.66. The second-order valence-electron chi connectivity index (χ2n) is 6.26. The maximum Gasteiger partial charge on any atom is 0.416 e. The molecule has 0 aliphatic rings. The van der Waals surface area contributed by atoms with Gasteiger partial charge in [-0.05, 0) is 37.3 Å².